The molecule has 0 aromatic heterocycles. The van der Waals surface area contributed by atoms with Gasteiger partial charge in [-0.05, 0) is 37.5 Å². The van der Waals surface area contributed by atoms with Crippen LogP contribution in [0.3, 0.4) is 0 Å². The monoisotopic (exact) mass is 374 g/mol. The molecule has 0 aliphatic carbocycles. The van der Waals surface area contributed by atoms with Gasteiger partial charge in [0.1, 0.15) is 5.75 Å². The summed E-state index contributed by atoms with van der Waals surface area (Å²) in [5, 5.41) is 1.61. The Morgan fingerprint density at radius 1 is 1.21 bits per heavy atom. The van der Waals surface area contributed by atoms with E-state index < -0.39 is 36.8 Å². The third-order valence-corrected chi connectivity index (χ3v) is 8.19. The second-order valence-electron chi connectivity index (χ2n) is 5.90. The summed E-state index contributed by atoms with van der Waals surface area (Å²) in [6.45, 7) is 2.08. The quantitative estimate of drug-likeness (QED) is 0.799. The Balaban J connectivity index is 2.08. The molecule has 1 N–H and O–H groups in total. The van der Waals surface area contributed by atoms with Gasteiger partial charge in [-0.15, -0.1) is 0 Å². The van der Waals surface area contributed by atoms with Crippen LogP contribution in [0.1, 0.15) is 18.4 Å². The summed E-state index contributed by atoms with van der Waals surface area (Å²) in [5.41, 5.74) is 0.846. The third kappa shape index (κ3) is 4.14. The summed E-state index contributed by atoms with van der Waals surface area (Å²) in [6.07, 6.45) is 0.398. The van der Waals surface area contributed by atoms with Crippen LogP contribution in [0, 0.1) is 6.92 Å². The first-order valence-corrected chi connectivity index (χ1v) is 10.8. The summed E-state index contributed by atoms with van der Waals surface area (Å²) in [4.78, 5) is 11.5. The molecule has 9 heteroatoms. The highest BCUT2D eigenvalue weighted by atomic mass is 32.2. The summed E-state index contributed by atoms with van der Waals surface area (Å²) in [6, 6.07) is 6.64. The van der Waals surface area contributed by atoms with E-state index in [1.165, 1.54) is 17.4 Å². The molecule has 1 aliphatic heterocycles. The topological polar surface area (TPSA) is 101 Å². The van der Waals surface area contributed by atoms with Gasteiger partial charge in [-0.25, -0.2) is 16.8 Å². The number of nitrogens with zero attached hydrogens (tertiary/aromatic N) is 1. The van der Waals surface area contributed by atoms with Crippen LogP contribution in [0.15, 0.2) is 29.2 Å². The van der Waals surface area contributed by atoms with Crippen LogP contribution in [0.5, 0.6) is 0 Å². The zero-order valence-electron chi connectivity index (χ0n) is 13.7. The molecule has 1 aromatic carbocycles. The van der Waals surface area contributed by atoms with E-state index in [2.05, 4.69) is 5.32 Å². The van der Waals surface area contributed by atoms with E-state index in [1.807, 2.05) is 13.0 Å². The highest BCUT2D eigenvalue weighted by molar-refractivity contribution is 7.92. The molecule has 0 radical (unpaired) electrons. The maximum Gasteiger partial charge on any atom is 0.243 e. The first-order chi connectivity index (χ1) is 11.2. The number of hydrogen-bond donors (Lipinski definition) is 1. The minimum Gasteiger partial charge on any atom is -0.358 e. The molecule has 24 heavy (non-hydrogen) atoms. The number of aryl methyl sites for hydroxylation is 1. The summed E-state index contributed by atoms with van der Waals surface area (Å²) in [5.74, 6) is -1.11. The largest absolute Gasteiger partial charge is 0.358 e. The van der Waals surface area contributed by atoms with Crippen molar-refractivity contribution in [1.29, 1.82) is 0 Å². The Morgan fingerprint density at radius 3 is 2.38 bits per heavy atom. The molecule has 1 heterocycles. The van der Waals surface area contributed by atoms with Gasteiger partial charge in [-0.1, -0.05) is 12.1 Å². The molecule has 1 fully saturated rings. The first kappa shape index (κ1) is 18.9. The maximum absolute atomic E-state index is 12.6. The van der Waals surface area contributed by atoms with E-state index in [1.54, 1.807) is 12.1 Å². The zero-order chi connectivity index (χ0) is 18.0. The Kier molecular flexibility index (Phi) is 5.67. The molecule has 1 amide bonds. The second kappa shape index (κ2) is 7.20. The Labute approximate surface area is 143 Å². The lowest BCUT2D eigenvalue weighted by atomic mass is 10.2. The van der Waals surface area contributed by atoms with Gasteiger partial charge in [-0.3, -0.25) is 4.79 Å². The van der Waals surface area contributed by atoms with Gasteiger partial charge in [0.05, 0.1) is 10.1 Å². The lowest BCUT2D eigenvalue weighted by molar-refractivity contribution is -0.118. The fourth-order valence-corrected chi connectivity index (χ4v) is 5.98. The molecule has 2 rings (SSSR count). The van der Waals surface area contributed by atoms with Crippen molar-refractivity contribution in [2.24, 2.45) is 0 Å². The van der Waals surface area contributed by atoms with Crippen molar-refractivity contribution in [2.45, 2.75) is 29.9 Å². The Hall–Kier alpha value is -1.45. The minimum atomic E-state index is -3.62. The van der Waals surface area contributed by atoms with Crippen LogP contribution < -0.4 is 5.32 Å². The van der Waals surface area contributed by atoms with Crippen LogP contribution in [-0.4, -0.2) is 58.2 Å². The molecular formula is C15H22N2O5S2. The molecule has 0 saturated carbocycles. The van der Waals surface area contributed by atoms with E-state index in [-0.39, 0.29) is 30.8 Å². The van der Waals surface area contributed by atoms with E-state index in [9.17, 15) is 21.6 Å². The molecule has 1 saturated heterocycles. The molecule has 1 aliphatic rings. The van der Waals surface area contributed by atoms with Crippen molar-refractivity contribution in [2.75, 3.05) is 25.9 Å². The average molecular weight is 374 g/mol. The molecule has 0 bridgehead atoms. The van der Waals surface area contributed by atoms with Crippen molar-refractivity contribution in [3.8, 4) is 0 Å². The van der Waals surface area contributed by atoms with E-state index >= 15 is 0 Å². The lowest BCUT2D eigenvalue weighted by Gasteiger charge is -2.30. The fourth-order valence-electron chi connectivity index (χ4n) is 2.73. The SMILES string of the molecule is CNC(=O)CS(=O)(=O)C1CCN(S(=O)(=O)c2cccc(C)c2)CC1. The highest BCUT2D eigenvalue weighted by Gasteiger charge is 2.35. The summed E-state index contributed by atoms with van der Waals surface area (Å²) in [7, 11) is -5.81. The summed E-state index contributed by atoms with van der Waals surface area (Å²) >= 11 is 0. The predicted molar refractivity (Wildman–Crippen MR) is 90.8 cm³/mol. The molecular weight excluding hydrogens is 352 g/mol. The lowest BCUT2D eigenvalue weighted by Crippen LogP contribution is -2.44. The number of nitrogens with one attached hydrogen (secondary N) is 1. The van der Waals surface area contributed by atoms with Crippen molar-refractivity contribution in [1.82, 2.24) is 9.62 Å². The van der Waals surface area contributed by atoms with E-state index in [0.717, 1.165) is 5.56 Å². The van der Waals surface area contributed by atoms with Gasteiger partial charge in [0.25, 0.3) is 0 Å². The van der Waals surface area contributed by atoms with Crippen LogP contribution in [0.4, 0.5) is 0 Å². The molecule has 134 valence electrons. The van der Waals surface area contributed by atoms with E-state index in [4.69, 9.17) is 0 Å². The van der Waals surface area contributed by atoms with Crippen LogP contribution in [0.25, 0.3) is 0 Å². The number of sulfone groups is 1. The maximum atomic E-state index is 12.6. The average Bonchev–Trinajstić information content (AvgIpc) is 2.54. The number of piperidine rings is 1. The summed E-state index contributed by atoms with van der Waals surface area (Å²) < 4.78 is 51.0. The molecule has 0 unspecified atom stereocenters. The molecule has 1 aromatic rings. The number of benzene rings is 1. The zero-order valence-corrected chi connectivity index (χ0v) is 15.4. The van der Waals surface area contributed by atoms with Crippen molar-refractivity contribution < 1.29 is 21.6 Å². The van der Waals surface area contributed by atoms with E-state index in [0.29, 0.717) is 0 Å². The number of rotatable bonds is 5. The van der Waals surface area contributed by atoms with Crippen LogP contribution in [0.2, 0.25) is 0 Å². The fraction of sp³-hybridized carbons (Fsp3) is 0.533. The Bertz CT molecular complexity index is 810. The van der Waals surface area contributed by atoms with Gasteiger partial charge in [0.2, 0.25) is 15.9 Å². The van der Waals surface area contributed by atoms with Crippen LogP contribution in [-0.2, 0) is 24.7 Å². The Morgan fingerprint density at radius 2 is 1.83 bits per heavy atom. The first-order valence-electron chi connectivity index (χ1n) is 7.66. The van der Waals surface area contributed by atoms with Crippen molar-refractivity contribution in [3.63, 3.8) is 0 Å². The predicted octanol–water partition coefficient (Wildman–Crippen LogP) is 0.309. The second-order valence-corrected chi connectivity index (χ2v) is 10.1. The van der Waals surface area contributed by atoms with Gasteiger partial charge < -0.3 is 5.32 Å². The molecule has 0 atom stereocenters. The highest BCUT2D eigenvalue weighted by Crippen LogP contribution is 2.24. The van der Waals surface area contributed by atoms with Crippen LogP contribution >= 0.6 is 0 Å². The van der Waals surface area contributed by atoms with Crippen molar-refractivity contribution >= 4 is 25.8 Å². The normalized spacial score (nSPS) is 17.6. The van der Waals surface area contributed by atoms with Gasteiger partial charge in [-0.2, -0.15) is 4.31 Å². The number of amides is 1. The standard InChI is InChI=1S/C15H22N2O5S2/c1-12-4-3-5-14(10-12)24(21,22)17-8-6-13(7-9-17)23(19,20)11-15(18)16-2/h3-5,10,13H,6-9,11H2,1-2H3,(H,16,18). The number of hydrogen-bond acceptors (Lipinski definition) is 5. The third-order valence-electron chi connectivity index (χ3n) is 4.15. The van der Waals surface area contributed by atoms with Gasteiger partial charge in [0, 0.05) is 20.1 Å². The molecule has 0 spiro atoms. The van der Waals surface area contributed by atoms with Gasteiger partial charge >= 0.3 is 0 Å². The smallest absolute Gasteiger partial charge is 0.243 e. The number of carbonyl (C=O) groups is 1. The number of carbonyl (C=O) groups excluding carboxylic acids is 1. The number of sulfonamides is 1. The van der Waals surface area contributed by atoms with Gasteiger partial charge in [0.15, 0.2) is 9.84 Å². The van der Waals surface area contributed by atoms with Crippen molar-refractivity contribution in [3.05, 3.63) is 29.8 Å². The minimum absolute atomic E-state index is 0.133. The molecule has 7 nitrogen and oxygen atoms in total.